The SMILES string of the molecule is CCCN(c1cc(N2CCCC2)cc(C(=O)OC)n1)C(C)C. The number of hydrogen-bond donors (Lipinski definition) is 0. The summed E-state index contributed by atoms with van der Waals surface area (Å²) in [5.41, 5.74) is 1.47. The van der Waals surface area contributed by atoms with Crippen LogP contribution in [0.1, 0.15) is 50.5 Å². The lowest BCUT2D eigenvalue weighted by atomic mass is 10.2. The van der Waals surface area contributed by atoms with Crippen LogP contribution in [0.5, 0.6) is 0 Å². The number of nitrogens with zero attached hydrogens (tertiary/aromatic N) is 3. The normalized spacial score (nSPS) is 14.5. The zero-order valence-corrected chi connectivity index (χ0v) is 14.1. The summed E-state index contributed by atoms with van der Waals surface area (Å²) in [4.78, 5) is 21.1. The molecule has 0 aromatic carbocycles. The Balaban J connectivity index is 2.42. The molecule has 0 aliphatic carbocycles. The molecule has 1 aliphatic heterocycles. The van der Waals surface area contributed by atoms with E-state index in [0.717, 1.165) is 37.6 Å². The van der Waals surface area contributed by atoms with E-state index in [4.69, 9.17) is 4.74 Å². The fourth-order valence-corrected chi connectivity index (χ4v) is 2.89. The second-order valence-corrected chi connectivity index (χ2v) is 6.04. The first kappa shape index (κ1) is 16.6. The number of hydrogen-bond acceptors (Lipinski definition) is 5. The molecule has 1 fully saturated rings. The molecule has 5 nitrogen and oxygen atoms in total. The lowest BCUT2D eigenvalue weighted by molar-refractivity contribution is 0.0594. The Labute approximate surface area is 133 Å². The third-order valence-electron chi connectivity index (χ3n) is 4.04. The Morgan fingerprint density at radius 2 is 2.05 bits per heavy atom. The Morgan fingerprint density at radius 3 is 2.59 bits per heavy atom. The molecule has 1 saturated heterocycles. The maximum Gasteiger partial charge on any atom is 0.356 e. The van der Waals surface area contributed by atoms with Crippen LogP contribution in [-0.2, 0) is 4.74 Å². The van der Waals surface area contributed by atoms with Gasteiger partial charge in [0.1, 0.15) is 5.82 Å². The summed E-state index contributed by atoms with van der Waals surface area (Å²) < 4.78 is 4.87. The topological polar surface area (TPSA) is 45.7 Å². The number of methoxy groups -OCH3 is 1. The monoisotopic (exact) mass is 305 g/mol. The van der Waals surface area contributed by atoms with Crippen molar-refractivity contribution in [1.29, 1.82) is 0 Å². The van der Waals surface area contributed by atoms with Gasteiger partial charge in [-0.2, -0.15) is 0 Å². The maximum absolute atomic E-state index is 12.0. The van der Waals surface area contributed by atoms with E-state index in [2.05, 4.69) is 41.6 Å². The summed E-state index contributed by atoms with van der Waals surface area (Å²) in [6.07, 6.45) is 3.45. The van der Waals surface area contributed by atoms with Gasteiger partial charge in [-0.15, -0.1) is 0 Å². The number of anilines is 2. The molecule has 0 bridgehead atoms. The molecular formula is C17H27N3O2. The van der Waals surface area contributed by atoms with Gasteiger partial charge in [0.15, 0.2) is 5.69 Å². The number of esters is 1. The van der Waals surface area contributed by atoms with Crippen molar-refractivity contribution in [3.8, 4) is 0 Å². The first-order chi connectivity index (χ1) is 10.6. The van der Waals surface area contributed by atoms with E-state index in [9.17, 15) is 4.79 Å². The second kappa shape index (κ2) is 7.47. The molecule has 0 saturated carbocycles. The van der Waals surface area contributed by atoms with Crippen molar-refractivity contribution in [2.45, 2.75) is 46.1 Å². The fourth-order valence-electron chi connectivity index (χ4n) is 2.89. The molecule has 0 atom stereocenters. The van der Waals surface area contributed by atoms with E-state index in [1.54, 1.807) is 0 Å². The third kappa shape index (κ3) is 3.70. The molecule has 1 aromatic heterocycles. The first-order valence-electron chi connectivity index (χ1n) is 8.18. The molecule has 1 aromatic rings. The second-order valence-electron chi connectivity index (χ2n) is 6.04. The number of carbonyl (C=O) groups excluding carboxylic acids is 1. The van der Waals surface area contributed by atoms with Crippen LogP contribution in [0.3, 0.4) is 0 Å². The quantitative estimate of drug-likeness (QED) is 0.756. The lowest BCUT2D eigenvalue weighted by Gasteiger charge is -2.29. The minimum Gasteiger partial charge on any atom is -0.464 e. The predicted molar refractivity (Wildman–Crippen MR) is 89.8 cm³/mol. The van der Waals surface area contributed by atoms with Gasteiger partial charge < -0.3 is 14.5 Å². The van der Waals surface area contributed by atoms with Crippen LogP contribution in [0, 0.1) is 0 Å². The number of rotatable bonds is 6. The highest BCUT2D eigenvalue weighted by Gasteiger charge is 2.20. The number of pyridine rings is 1. The maximum atomic E-state index is 12.0. The fraction of sp³-hybridized carbons (Fsp3) is 0.647. The van der Waals surface area contributed by atoms with Crippen molar-refractivity contribution in [3.63, 3.8) is 0 Å². The Hall–Kier alpha value is -1.78. The lowest BCUT2D eigenvalue weighted by Crippen LogP contribution is -2.33. The third-order valence-corrected chi connectivity index (χ3v) is 4.04. The highest BCUT2D eigenvalue weighted by molar-refractivity contribution is 5.89. The van der Waals surface area contributed by atoms with Gasteiger partial charge in [0, 0.05) is 37.4 Å². The summed E-state index contributed by atoms with van der Waals surface area (Å²) >= 11 is 0. The first-order valence-corrected chi connectivity index (χ1v) is 8.18. The zero-order valence-electron chi connectivity index (χ0n) is 14.1. The van der Waals surface area contributed by atoms with Crippen LogP contribution < -0.4 is 9.80 Å². The highest BCUT2D eigenvalue weighted by atomic mass is 16.5. The Bertz CT molecular complexity index is 511. The van der Waals surface area contributed by atoms with Crippen LogP contribution in [0.2, 0.25) is 0 Å². The van der Waals surface area contributed by atoms with Gasteiger partial charge in [0.25, 0.3) is 0 Å². The van der Waals surface area contributed by atoms with Crippen LogP contribution in [0.25, 0.3) is 0 Å². The molecular weight excluding hydrogens is 278 g/mol. The number of ether oxygens (including phenoxy) is 1. The highest BCUT2D eigenvalue weighted by Crippen LogP contribution is 2.27. The van der Waals surface area contributed by atoms with E-state index in [-0.39, 0.29) is 5.97 Å². The van der Waals surface area contributed by atoms with E-state index in [1.165, 1.54) is 20.0 Å². The molecule has 0 radical (unpaired) electrons. The van der Waals surface area contributed by atoms with Gasteiger partial charge >= 0.3 is 5.97 Å². The van der Waals surface area contributed by atoms with Gasteiger partial charge in [0.2, 0.25) is 0 Å². The summed E-state index contributed by atoms with van der Waals surface area (Å²) in [5.74, 6) is 0.490. The van der Waals surface area contributed by atoms with Crippen molar-refractivity contribution in [2.75, 3.05) is 36.5 Å². The molecule has 22 heavy (non-hydrogen) atoms. The van der Waals surface area contributed by atoms with Crippen molar-refractivity contribution in [1.82, 2.24) is 4.98 Å². The molecule has 122 valence electrons. The average molecular weight is 305 g/mol. The van der Waals surface area contributed by atoms with Crippen molar-refractivity contribution >= 4 is 17.5 Å². The van der Waals surface area contributed by atoms with Gasteiger partial charge in [-0.3, -0.25) is 0 Å². The summed E-state index contributed by atoms with van der Waals surface area (Å²) in [5, 5.41) is 0. The minimum atomic E-state index is -0.373. The molecule has 0 N–H and O–H groups in total. The van der Waals surface area contributed by atoms with Crippen molar-refractivity contribution in [2.24, 2.45) is 0 Å². The molecule has 2 heterocycles. The van der Waals surface area contributed by atoms with Crippen LogP contribution in [0.15, 0.2) is 12.1 Å². The number of aromatic nitrogens is 1. The van der Waals surface area contributed by atoms with Crippen LogP contribution >= 0.6 is 0 Å². The van der Waals surface area contributed by atoms with Gasteiger partial charge in [-0.25, -0.2) is 9.78 Å². The standard InChI is InChI=1S/C17H27N3O2/c1-5-8-20(13(2)3)16-12-14(19-9-6-7-10-19)11-15(18-16)17(21)22-4/h11-13H,5-10H2,1-4H3. The Morgan fingerprint density at radius 1 is 1.36 bits per heavy atom. The van der Waals surface area contributed by atoms with Gasteiger partial charge in [-0.05, 0) is 39.2 Å². The largest absolute Gasteiger partial charge is 0.464 e. The molecule has 5 heteroatoms. The van der Waals surface area contributed by atoms with E-state index in [0.29, 0.717) is 11.7 Å². The smallest absolute Gasteiger partial charge is 0.356 e. The molecule has 2 rings (SSSR count). The summed E-state index contributed by atoms with van der Waals surface area (Å²) in [7, 11) is 1.40. The molecule has 0 unspecified atom stereocenters. The number of carbonyl (C=O) groups is 1. The van der Waals surface area contributed by atoms with Crippen molar-refractivity contribution in [3.05, 3.63) is 17.8 Å². The summed E-state index contributed by atoms with van der Waals surface area (Å²) in [6, 6.07) is 4.30. The Kier molecular flexibility index (Phi) is 5.63. The van der Waals surface area contributed by atoms with E-state index in [1.807, 2.05) is 6.07 Å². The average Bonchev–Trinajstić information content (AvgIpc) is 3.05. The van der Waals surface area contributed by atoms with E-state index < -0.39 is 0 Å². The zero-order chi connectivity index (χ0) is 16.1. The van der Waals surface area contributed by atoms with Crippen molar-refractivity contribution < 1.29 is 9.53 Å². The van der Waals surface area contributed by atoms with Crippen LogP contribution in [-0.4, -0.2) is 43.7 Å². The predicted octanol–water partition coefficient (Wildman–Crippen LogP) is 3.09. The van der Waals surface area contributed by atoms with Gasteiger partial charge in [0.05, 0.1) is 7.11 Å². The van der Waals surface area contributed by atoms with Crippen LogP contribution in [0.4, 0.5) is 11.5 Å². The molecule has 0 spiro atoms. The summed E-state index contributed by atoms with van der Waals surface area (Å²) in [6.45, 7) is 9.46. The minimum absolute atomic E-state index is 0.340. The van der Waals surface area contributed by atoms with Gasteiger partial charge in [-0.1, -0.05) is 6.92 Å². The molecule has 0 amide bonds. The molecule has 1 aliphatic rings. The van der Waals surface area contributed by atoms with E-state index >= 15 is 0 Å².